The van der Waals surface area contributed by atoms with Crippen molar-refractivity contribution in [3.8, 4) is 5.75 Å². The SMILES string of the molecule is CO[C@@H](C(=O)Nc1ccnn1C1CCN(Cc2cc(C)c(O)c(C)c2)CC1)c1ccccc1. The number of amides is 1. The Kier molecular flexibility index (Phi) is 7.11. The van der Waals surface area contributed by atoms with Gasteiger partial charge in [-0.15, -0.1) is 0 Å². The number of aromatic nitrogens is 2. The van der Waals surface area contributed by atoms with Crippen molar-refractivity contribution in [2.24, 2.45) is 0 Å². The van der Waals surface area contributed by atoms with Crippen molar-refractivity contribution >= 4 is 11.7 Å². The van der Waals surface area contributed by atoms with Crippen LogP contribution in [0.4, 0.5) is 5.82 Å². The Morgan fingerprint density at radius 1 is 1.15 bits per heavy atom. The lowest BCUT2D eigenvalue weighted by Gasteiger charge is -2.33. The van der Waals surface area contributed by atoms with E-state index in [9.17, 15) is 9.90 Å². The fraction of sp³-hybridized carbons (Fsp3) is 0.385. The largest absolute Gasteiger partial charge is 0.507 e. The van der Waals surface area contributed by atoms with Crippen molar-refractivity contribution in [2.75, 3.05) is 25.5 Å². The second-order valence-corrected chi connectivity index (χ2v) is 8.76. The van der Waals surface area contributed by atoms with Gasteiger partial charge in [0, 0.05) is 32.8 Å². The standard InChI is InChI=1S/C26H32N4O3/c1-18-15-20(16-19(2)24(18)31)17-29-13-10-22(11-14-29)30-23(9-12-27-30)28-26(32)25(33-3)21-7-5-4-6-8-21/h4-9,12,15-16,22,25,31H,10-11,13-14,17H2,1-3H3,(H,28,32)/t25-/m1/s1. The highest BCUT2D eigenvalue weighted by Crippen LogP contribution is 2.29. The van der Waals surface area contributed by atoms with Crippen LogP contribution in [0.2, 0.25) is 0 Å². The molecule has 1 aliphatic rings. The summed E-state index contributed by atoms with van der Waals surface area (Å²) in [6, 6.07) is 15.7. The van der Waals surface area contributed by atoms with Gasteiger partial charge in [0.2, 0.25) is 0 Å². The quantitative estimate of drug-likeness (QED) is 0.561. The molecule has 174 valence electrons. The third kappa shape index (κ3) is 5.26. The second-order valence-electron chi connectivity index (χ2n) is 8.76. The highest BCUT2D eigenvalue weighted by atomic mass is 16.5. The molecule has 1 aliphatic heterocycles. The molecule has 0 spiro atoms. The first-order valence-electron chi connectivity index (χ1n) is 11.4. The average Bonchev–Trinajstić information content (AvgIpc) is 3.27. The number of nitrogens with zero attached hydrogens (tertiary/aromatic N) is 3. The molecule has 0 radical (unpaired) electrons. The number of likely N-dealkylation sites (tertiary alicyclic amines) is 1. The Hall–Kier alpha value is -3.16. The molecule has 33 heavy (non-hydrogen) atoms. The monoisotopic (exact) mass is 448 g/mol. The number of nitrogens with one attached hydrogen (secondary N) is 1. The Morgan fingerprint density at radius 3 is 2.45 bits per heavy atom. The molecule has 3 aromatic rings. The first kappa shape index (κ1) is 23.0. The van der Waals surface area contributed by atoms with Gasteiger partial charge < -0.3 is 15.2 Å². The molecule has 1 saturated heterocycles. The molecular formula is C26H32N4O3. The van der Waals surface area contributed by atoms with Crippen molar-refractivity contribution in [1.82, 2.24) is 14.7 Å². The van der Waals surface area contributed by atoms with Crippen molar-refractivity contribution in [3.05, 3.63) is 77.0 Å². The van der Waals surface area contributed by atoms with Crippen LogP contribution in [0.1, 0.15) is 47.2 Å². The predicted molar refractivity (Wildman–Crippen MR) is 128 cm³/mol. The molecule has 1 amide bonds. The van der Waals surface area contributed by atoms with Crippen LogP contribution in [-0.4, -0.2) is 45.9 Å². The number of aryl methyl sites for hydroxylation is 2. The number of piperidine rings is 1. The third-order valence-corrected chi connectivity index (χ3v) is 6.36. The number of carbonyl (C=O) groups is 1. The number of hydrogen-bond donors (Lipinski definition) is 2. The van der Waals surface area contributed by atoms with Crippen molar-refractivity contribution < 1.29 is 14.6 Å². The summed E-state index contributed by atoms with van der Waals surface area (Å²) in [6.07, 6.45) is 2.96. The Bertz CT molecular complexity index is 1060. The molecule has 2 N–H and O–H groups in total. The Labute approximate surface area is 195 Å². The smallest absolute Gasteiger partial charge is 0.259 e. The maximum Gasteiger partial charge on any atom is 0.259 e. The number of phenols is 1. The van der Waals surface area contributed by atoms with Crippen LogP contribution in [0.15, 0.2) is 54.7 Å². The fourth-order valence-corrected chi connectivity index (χ4v) is 4.64. The van der Waals surface area contributed by atoms with E-state index in [1.807, 2.05) is 54.9 Å². The van der Waals surface area contributed by atoms with Crippen LogP contribution in [0.5, 0.6) is 5.75 Å². The lowest BCUT2D eigenvalue weighted by molar-refractivity contribution is -0.126. The molecule has 2 aromatic carbocycles. The van der Waals surface area contributed by atoms with E-state index in [1.54, 1.807) is 13.3 Å². The topological polar surface area (TPSA) is 79.6 Å². The van der Waals surface area contributed by atoms with E-state index in [0.717, 1.165) is 49.2 Å². The second kappa shape index (κ2) is 10.2. The summed E-state index contributed by atoms with van der Waals surface area (Å²) in [5.41, 5.74) is 3.87. The molecule has 0 unspecified atom stereocenters. The van der Waals surface area contributed by atoms with Gasteiger partial charge in [0.25, 0.3) is 5.91 Å². The van der Waals surface area contributed by atoms with Gasteiger partial charge in [0.05, 0.1) is 12.2 Å². The molecule has 0 bridgehead atoms. The van der Waals surface area contributed by atoms with Crippen LogP contribution >= 0.6 is 0 Å². The summed E-state index contributed by atoms with van der Waals surface area (Å²) < 4.78 is 7.40. The molecule has 1 atom stereocenters. The van der Waals surface area contributed by atoms with Crippen molar-refractivity contribution in [3.63, 3.8) is 0 Å². The van der Waals surface area contributed by atoms with E-state index >= 15 is 0 Å². The summed E-state index contributed by atoms with van der Waals surface area (Å²) in [7, 11) is 1.54. The van der Waals surface area contributed by atoms with Gasteiger partial charge in [0.15, 0.2) is 6.10 Å². The van der Waals surface area contributed by atoms with Crippen LogP contribution in [-0.2, 0) is 16.1 Å². The van der Waals surface area contributed by atoms with E-state index < -0.39 is 6.10 Å². The number of ether oxygens (including phenoxy) is 1. The first-order chi connectivity index (χ1) is 16.0. The van der Waals surface area contributed by atoms with Crippen LogP contribution in [0.25, 0.3) is 0 Å². The minimum absolute atomic E-state index is 0.207. The fourth-order valence-electron chi connectivity index (χ4n) is 4.64. The lowest BCUT2D eigenvalue weighted by atomic mass is 10.0. The molecule has 1 aromatic heterocycles. The summed E-state index contributed by atoms with van der Waals surface area (Å²) in [6.45, 7) is 6.64. The van der Waals surface area contributed by atoms with Gasteiger partial charge in [-0.05, 0) is 48.9 Å². The highest BCUT2D eigenvalue weighted by Gasteiger charge is 2.25. The number of hydrogen-bond acceptors (Lipinski definition) is 5. The third-order valence-electron chi connectivity index (χ3n) is 6.36. The number of anilines is 1. The summed E-state index contributed by atoms with van der Waals surface area (Å²) in [4.78, 5) is 15.3. The normalized spacial score (nSPS) is 16.0. The number of carbonyl (C=O) groups excluding carboxylic acids is 1. The lowest BCUT2D eigenvalue weighted by Crippen LogP contribution is -2.35. The molecule has 0 aliphatic carbocycles. The van der Waals surface area contributed by atoms with E-state index in [-0.39, 0.29) is 11.9 Å². The van der Waals surface area contributed by atoms with Gasteiger partial charge >= 0.3 is 0 Å². The predicted octanol–water partition coefficient (Wildman–Crippen LogP) is 4.37. The van der Waals surface area contributed by atoms with Gasteiger partial charge in [-0.25, -0.2) is 4.68 Å². The molecule has 1 fully saturated rings. The number of benzene rings is 2. The van der Waals surface area contributed by atoms with Gasteiger partial charge in [-0.2, -0.15) is 5.10 Å². The number of aromatic hydroxyl groups is 1. The Morgan fingerprint density at radius 2 is 1.82 bits per heavy atom. The van der Waals surface area contributed by atoms with Crippen molar-refractivity contribution in [1.29, 1.82) is 0 Å². The minimum atomic E-state index is -0.673. The minimum Gasteiger partial charge on any atom is -0.507 e. The van der Waals surface area contributed by atoms with Crippen molar-refractivity contribution in [2.45, 2.75) is 45.4 Å². The average molecular weight is 449 g/mol. The number of rotatable bonds is 7. The molecule has 4 rings (SSSR count). The van der Waals surface area contributed by atoms with E-state index in [2.05, 4.69) is 27.4 Å². The Balaban J connectivity index is 1.37. The van der Waals surface area contributed by atoms with Crippen LogP contribution < -0.4 is 5.32 Å². The molecule has 0 saturated carbocycles. The summed E-state index contributed by atoms with van der Waals surface area (Å²) in [5, 5.41) is 17.5. The maximum atomic E-state index is 12.9. The first-order valence-corrected chi connectivity index (χ1v) is 11.4. The summed E-state index contributed by atoms with van der Waals surface area (Å²) in [5.74, 6) is 0.871. The van der Waals surface area contributed by atoms with Gasteiger partial charge in [-0.3, -0.25) is 9.69 Å². The van der Waals surface area contributed by atoms with Gasteiger partial charge in [0.1, 0.15) is 11.6 Å². The zero-order valence-electron chi connectivity index (χ0n) is 19.5. The van der Waals surface area contributed by atoms with E-state index in [0.29, 0.717) is 11.6 Å². The van der Waals surface area contributed by atoms with E-state index in [4.69, 9.17) is 4.74 Å². The molecule has 2 heterocycles. The maximum absolute atomic E-state index is 12.9. The zero-order chi connectivity index (χ0) is 23.4. The number of methoxy groups -OCH3 is 1. The number of phenolic OH excluding ortho intramolecular Hbond substituents is 1. The zero-order valence-corrected chi connectivity index (χ0v) is 19.5. The highest BCUT2D eigenvalue weighted by molar-refractivity contribution is 5.94. The van der Waals surface area contributed by atoms with E-state index in [1.165, 1.54) is 5.56 Å². The van der Waals surface area contributed by atoms with Gasteiger partial charge in [-0.1, -0.05) is 42.5 Å². The van der Waals surface area contributed by atoms with Crippen LogP contribution in [0.3, 0.4) is 0 Å². The molecule has 7 nitrogen and oxygen atoms in total. The molecular weight excluding hydrogens is 416 g/mol. The van der Waals surface area contributed by atoms with Crippen LogP contribution in [0, 0.1) is 13.8 Å². The summed E-state index contributed by atoms with van der Waals surface area (Å²) >= 11 is 0. The molecule has 7 heteroatoms.